The summed E-state index contributed by atoms with van der Waals surface area (Å²) in [5, 5.41) is 2.95. The van der Waals surface area contributed by atoms with Gasteiger partial charge in [-0.15, -0.1) is 0 Å². The molecule has 1 aromatic carbocycles. The van der Waals surface area contributed by atoms with Gasteiger partial charge in [0.05, 0.1) is 24.8 Å². The van der Waals surface area contributed by atoms with E-state index in [0.717, 1.165) is 0 Å². The lowest BCUT2D eigenvalue weighted by Crippen LogP contribution is -2.33. The van der Waals surface area contributed by atoms with E-state index >= 15 is 0 Å². The molecule has 1 aliphatic heterocycles. The van der Waals surface area contributed by atoms with Gasteiger partial charge in [-0.3, -0.25) is 4.79 Å². The fraction of sp³-hybridized carbons (Fsp3) is 0.333. The van der Waals surface area contributed by atoms with Crippen LogP contribution < -0.4 is 10.1 Å². The van der Waals surface area contributed by atoms with Gasteiger partial charge in [-0.25, -0.2) is 9.18 Å². The third-order valence-corrected chi connectivity index (χ3v) is 3.49. The van der Waals surface area contributed by atoms with Crippen molar-refractivity contribution in [2.24, 2.45) is 0 Å². The normalized spacial score (nSPS) is 17.5. The first-order valence-electron chi connectivity index (χ1n) is 6.68. The van der Waals surface area contributed by atoms with Crippen LogP contribution in [0.4, 0.5) is 4.39 Å². The monoisotopic (exact) mass is 327 g/mol. The Balaban J connectivity index is 2.33. The van der Waals surface area contributed by atoms with Gasteiger partial charge in [-0.1, -0.05) is 17.7 Å². The van der Waals surface area contributed by atoms with Gasteiger partial charge in [0.1, 0.15) is 5.70 Å². The number of carbonyl (C=O) groups excluding carboxylic acids is 2. The molecular weight excluding hydrogens is 313 g/mol. The Morgan fingerprint density at radius 3 is 2.86 bits per heavy atom. The van der Waals surface area contributed by atoms with Crippen LogP contribution in [0.1, 0.15) is 24.9 Å². The molecule has 0 saturated carbocycles. The molecule has 2 rings (SSSR count). The van der Waals surface area contributed by atoms with Crippen LogP contribution in [0, 0.1) is 5.82 Å². The number of ether oxygens (including phenoxy) is 2. The Morgan fingerprint density at radius 1 is 1.50 bits per heavy atom. The van der Waals surface area contributed by atoms with Crippen molar-refractivity contribution in [2.45, 2.75) is 19.4 Å². The topological polar surface area (TPSA) is 64.6 Å². The van der Waals surface area contributed by atoms with Crippen molar-refractivity contribution < 1.29 is 23.5 Å². The van der Waals surface area contributed by atoms with Crippen molar-refractivity contribution in [2.75, 3.05) is 13.7 Å². The molecule has 22 heavy (non-hydrogen) atoms. The number of carbonyl (C=O) groups is 2. The summed E-state index contributed by atoms with van der Waals surface area (Å²) in [6.07, 6.45) is 1.18. The fourth-order valence-electron chi connectivity index (χ4n) is 2.22. The molecular formula is C15H15ClFNO4. The predicted octanol–water partition coefficient (Wildman–Crippen LogP) is 2.54. The Hall–Kier alpha value is -2.08. The maximum absolute atomic E-state index is 14.4. The molecule has 0 bridgehead atoms. The largest absolute Gasteiger partial charge is 0.492 e. The second-order valence-corrected chi connectivity index (χ2v) is 5.04. The van der Waals surface area contributed by atoms with Crippen LogP contribution in [0.25, 0.3) is 0 Å². The summed E-state index contributed by atoms with van der Waals surface area (Å²) in [5.74, 6) is -1.70. The van der Waals surface area contributed by atoms with Crippen LogP contribution in [0.5, 0.6) is 5.75 Å². The van der Waals surface area contributed by atoms with Gasteiger partial charge in [0.25, 0.3) is 0 Å². The predicted molar refractivity (Wildman–Crippen MR) is 78.2 cm³/mol. The van der Waals surface area contributed by atoms with E-state index in [0.29, 0.717) is 0 Å². The number of halogens is 2. The smallest absolute Gasteiger partial charge is 0.354 e. The number of nitrogens with one attached hydrogen (secondary N) is 1. The minimum Gasteiger partial charge on any atom is -0.492 e. The number of allylic oxidation sites excluding steroid dienone is 1. The van der Waals surface area contributed by atoms with Crippen molar-refractivity contribution in [3.05, 3.63) is 40.3 Å². The Morgan fingerprint density at radius 2 is 2.23 bits per heavy atom. The molecule has 5 nitrogen and oxygen atoms in total. The summed E-state index contributed by atoms with van der Waals surface area (Å²) in [5.41, 5.74) is 0.209. The van der Waals surface area contributed by atoms with E-state index in [4.69, 9.17) is 21.1 Å². The zero-order valence-electron chi connectivity index (χ0n) is 12.1. The van der Waals surface area contributed by atoms with Crippen molar-refractivity contribution in [3.8, 4) is 5.75 Å². The highest BCUT2D eigenvalue weighted by Gasteiger charge is 2.28. The van der Waals surface area contributed by atoms with Crippen molar-refractivity contribution in [1.29, 1.82) is 0 Å². The van der Waals surface area contributed by atoms with Crippen molar-refractivity contribution in [1.82, 2.24) is 5.32 Å². The third-order valence-electron chi connectivity index (χ3n) is 3.19. The van der Waals surface area contributed by atoms with Gasteiger partial charge in [-0.2, -0.15) is 0 Å². The number of hydrogen-bond acceptors (Lipinski definition) is 5. The van der Waals surface area contributed by atoms with Gasteiger partial charge in [0, 0.05) is 18.1 Å². The molecule has 1 heterocycles. The number of hydrogen-bond donors (Lipinski definition) is 1. The first-order chi connectivity index (χ1) is 10.5. The summed E-state index contributed by atoms with van der Waals surface area (Å²) < 4.78 is 24.2. The minimum atomic E-state index is -0.692. The molecule has 1 aliphatic rings. The molecule has 1 atom stereocenters. The van der Waals surface area contributed by atoms with E-state index in [-0.39, 0.29) is 40.8 Å². The van der Waals surface area contributed by atoms with Crippen LogP contribution in [-0.2, 0) is 14.3 Å². The molecule has 1 unspecified atom stereocenters. The molecule has 0 aliphatic carbocycles. The summed E-state index contributed by atoms with van der Waals surface area (Å²) in [7, 11) is 1.30. The Bertz CT molecular complexity index is 645. The standard InChI is InChI=1S/C15H15ClFNO4/c1-3-22-15(20)12-7-8(19)6-11(18-12)9-4-5-10(16)14(21-2)13(9)17/h4-5,7,11,18H,3,6H2,1-2H3. The molecule has 0 radical (unpaired) electrons. The maximum atomic E-state index is 14.4. The van der Waals surface area contributed by atoms with Crippen LogP contribution in [0.15, 0.2) is 23.9 Å². The number of methoxy groups -OCH3 is 1. The minimum absolute atomic E-state index is 0.0106. The van der Waals surface area contributed by atoms with Crippen LogP contribution in [0.2, 0.25) is 5.02 Å². The fourth-order valence-corrected chi connectivity index (χ4v) is 2.44. The van der Waals surface area contributed by atoms with Crippen LogP contribution in [0.3, 0.4) is 0 Å². The Kier molecular flexibility index (Phi) is 5.03. The van der Waals surface area contributed by atoms with E-state index in [2.05, 4.69) is 5.32 Å². The second kappa shape index (κ2) is 6.79. The first kappa shape index (κ1) is 16.3. The molecule has 0 spiro atoms. The lowest BCUT2D eigenvalue weighted by Gasteiger charge is -2.25. The molecule has 7 heteroatoms. The quantitative estimate of drug-likeness (QED) is 0.861. The first-order valence-corrected chi connectivity index (χ1v) is 7.05. The van der Waals surface area contributed by atoms with E-state index in [1.807, 2.05) is 0 Å². The number of benzene rings is 1. The number of esters is 1. The maximum Gasteiger partial charge on any atom is 0.354 e. The SMILES string of the molecule is CCOC(=O)C1=CC(=O)CC(c2ccc(Cl)c(OC)c2F)N1. The highest BCUT2D eigenvalue weighted by molar-refractivity contribution is 6.32. The summed E-state index contributed by atoms with van der Waals surface area (Å²) in [6, 6.07) is 2.25. The highest BCUT2D eigenvalue weighted by atomic mass is 35.5. The lowest BCUT2D eigenvalue weighted by atomic mass is 9.96. The second-order valence-electron chi connectivity index (χ2n) is 4.63. The molecule has 1 aromatic rings. The van der Waals surface area contributed by atoms with Gasteiger partial charge in [-0.05, 0) is 13.0 Å². The van der Waals surface area contributed by atoms with E-state index in [9.17, 15) is 14.0 Å². The average molecular weight is 328 g/mol. The van der Waals surface area contributed by atoms with E-state index < -0.39 is 17.8 Å². The number of rotatable bonds is 4. The van der Waals surface area contributed by atoms with E-state index in [1.54, 1.807) is 6.92 Å². The summed E-state index contributed by atoms with van der Waals surface area (Å²) in [4.78, 5) is 23.5. The van der Waals surface area contributed by atoms with Gasteiger partial charge >= 0.3 is 5.97 Å². The van der Waals surface area contributed by atoms with Gasteiger partial charge in [0.2, 0.25) is 0 Å². The zero-order valence-corrected chi connectivity index (χ0v) is 12.9. The van der Waals surface area contributed by atoms with E-state index in [1.165, 1.54) is 25.3 Å². The van der Waals surface area contributed by atoms with Gasteiger partial charge < -0.3 is 14.8 Å². The highest BCUT2D eigenvalue weighted by Crippen LogP contribution is 2.34. The summed E-state index contributed by atoms with van der Waals surface area (Å²) >= 11 is 5.85. The van der Waals surface area contributed by atoms with Gasteiger partial charge in [0.15, 0.2) is 17.3 Å². The Labute approximate surface area is 132 Å². The molecule has 0 aromatic heterocycles. The van der Waals surface area contributed by atoms with Crippen LogP contribution >= 0.6 is 11.6 Å². The average Bonchev–Trinajstić information content (AvgIpc) is 2.47. The lowest BCUT2D eigenvalue weighted by molar-refractivity contribution is -0.139. The van der Waals surface area contributed by atoms with Crippen molar-refractivity contribution >= 4 is 23.4 Å². The number of ketones is 1. The molecule has 1 N–H and O–H groups in total. The third kappa shape index (κ3) is 3.22. The molecule has 0 fully saturated rings. The van der Waals surface area contributed by atoms with Crippen molar-refractivity contribution in [3.63, 3.8) is 0 Å². The summed E-state index contributed by atoms with van der Waals surface area (Å²) in [6.45, 7) is 1.84. The van der Waals surface area contributed by atoms with Crippen LogP contribution in [-0.4, -0.2) is 25.5 Å². The molecule has 118 valence electrons. The molecule has 0 saturated heterocycles. The zero-order chi connectivity index (χ0) is 16.3. The molecule has 0 amide bonds.